The maximum absolute atomic E-state index is 8.56. The summed E-state index contributed by atoms with van der Waals surface area (Å²) >= 11 is 0. The Balaban J connectivity index is 1.81. The molecule has 0 saturated carbocycles. The lowest BCUT2D eigenvalue weighted by molar-refractivity contribution is 0.507. The highest BCUT2D eigenvalue weighted by Gasteiger charge is 2.20. The maximum atomic E-state index is 8.56. The smallest absolute Gasteiger partial charge is 0.292 e. The van der Waals surface area contributed by atoms with Gasteiger partial charge in [-0.15, -0.1) is 5.26 Å². The fourth-order valence-electron chi connectivity index (χ4n) is 3.18. The Morgan fingerprint density at radius 1 is 0.773 bits per heavy atom. The van der Waals surface area contributed by atoms with Crippen molar-refractivity contribution < 1.29 is 4.74 Å². The second-order valence-corrected chi connectivity index (χ2v) is 5.38. The van der Waals surface area contributed by atoms with E-state index in [9.17, 15) is 0 Å². The van der Waals surface area contributed by atoms with Crippen molar-refractivity contribution >= 4 is 0 Å². The summed E-state index contributed by atoms with van der Waals surface area (Å²) in [4.78, 5) is 0. The van der Waals surface area contributed by atoms with Crippen molar-refractivity contribution in [2.75, 3.05) is 0 Å². The summed E-state index contributed by atoms with van der Waals surface area (Å²) in [7, 11) is 0. The van der Waals surface area contributed by atoms with Crippen LogP contribution < -0.4 is 4.74 Å². The van der Waals surface area contributed by atoms with E-state index in [1.807, 2.05) is 24.3 Å². The number of hydrogen-bond donors (Lipinski definition) is 0. The molecule has 2 heteroatoms. The number of hydrogen-bond acceptors (Lipinski definition) is 2. The van der Waals surface area contributed by atoms with Crippen LogP contribution in [0.1, 0.15) is 11.1 Å². The first kappa shape index (κ1) is 12.7. The van der Waals surface area contributed by atoms with Crippen LogP contribution in [0.2, 0.25) is 0 Å². The molecule has 2 nitrogen and oxygen atoms in total. The van der Waals surface area contributed by atoms with Crippen LogP contribution in [-0.4, -0.2) is 0 Å². The lowest BCUT2D eigenvalue weighted by Gasteiger charge is -2.09. The van der Waals surface area contributed by atoms with E-state index in [1.54, 1.807) is 6.26 Å². The van der Waals surface area contributed by atoms with E-state index in [1.165, 1.54) is 27.8 Å². The van der Waals surface area contributed by atoms with E-state index in [0.29, 0.717) is 5.75 Å². The van der Waals surface area contributed by atoms with Gasteiger partial charge in [0.25, 0.3) is 6.26 Å². The van der Waals surface area contributed by atoms with Gasteiger partial charge in [0.05, 0.1) is 0 Å². The standard InChI is InChI=1S/C20H13NO/c21-13-22-16-10-8-14(9-11-16)17-6-3-7-19-18-5-2-1-4-15(18)12-20(17)19/h1-11H,12H2. The van der Waals surface area contributed by atoms with Crippen LogP contribution in [0.15, 0.2) is 66.7 Å². The zero-order chi connectivity index (χ0) is 14.9. The summed E-state index contributed by atoms with van der Waals surface area (Å²) in [6.45, 7) is 0. The molecule has 1 aliphatic carbocycles. The molecule has 1 aliphatic rings. The van der Waals surface area contributed by atoms with E-state index >= 15 is 0 Å². The van der Waals surface area contributed by atoms with E-state index in [4.69, 9.17) is 10.00 Å². The van der Waals surface area contributed by atoms with Crippen LogP contribution in [0.25, 0.3) is 22.3 Å². The van der Waals surface area contributed by atoms with Crippen molar-refractivity contribution in [1.29, 1.82) is 5.26 Å². The van der Waals surface area contributed by atoms with Gasteiger partial charge in [0, 0.05) is 0 Å². The van der Waals surface area contributed by atoms with Gasteiger partial charge in [0.1, 0.15) is 5.75 Å². The van der Waals surface area contributed by atoms with Gasteiger partial charge in [-0.25, -0.2) is 0 Å². The molecule has 0 amide bonds. The molecule has 0 heterocycles. The van der Waals surface area contributed by atoms with E-state index in [0.717, 1.165) is 12.0 Å². The second kappa shape index (κ2) is 5.05. The molecule has 0 aliphatic heterocycles. The minimum atomic E-state index is 0.571. The third-order valence-corrected chi connectivity index (χ3v) is 4.18. The highest BCUT2D eigenvalue weighted by atomic mass is 16.5. The minimum Gasteiger partial charge on any atom is -0.388 e. The monoisotopic (exact) mass is 283 g/mol. The fourth-order valence-corrected chi connectivity index (χ4v) is 3.18. The van der Waals surface area contributed by atoms with Crippen molar-refractivity contribution in [3.05, 3.63) is 77.9 Å². The molecule has 0 bridgehead atoms. The summed E-state index contributed by atoms with van der Waals surface area (Å²) in [6.07, 6.45) is 2.67. The summed E-state index contributed by atoms with van der Waals surface area (Å²) in [6, 6.07) is 22.7. The molecule has 0 N–H and O–H groups in total. The summed E-state index contributed by atoms with van der Waals surface area (Å²) in [5, 5.41) is 8.56. The zero-order valence-electron chi connectivity index (χ0n) is 11.9. The summed E-state index contributed by atoms with van der Waals surface area (Å²) in [5.41, 5.74) is 7.81. The quantitative estimate of drug-likeness (QED) is 0.496. The van der Waals surface area contributed by atoms with E-state index in [-0.39, 0.29) is 0 Å². The van der Waals surface area contributed by atoms with Crippen LogP contribution in [0.5, 0.6) is 5.75 Å². The molecule has 0 saturated heterocycles. The summed E-state index contributed by atoms with van der Waals surface area (Å²) < 4.78 is 4.85. The number of nitriles is 1. The number of fused-ring (bicyclic) bond motifs is 3. The highest BCUT2D eigenvalue weighted by Crippen LogP contribution is 2.41. The second-order valence-electron chi connectivity index (χ2n) is 5.38. The van der Waals surface area contributed by atoms with Crippen molar-refractivity contribution in [3.63, 3.8) is 0 Å². The highest BCUT2D eigenvalue weighted by molar-refractivity contribution is 5.84. The predicted molar refractivity (Wildman–Crippen MR) is 86.4 cm³/mol. The SMILES string of the molecule is N#COc1ccc(-c2cccc3c2Cc2ccccc2-3)cc1. The molecule has 3 aromatic carbocycles. The molecular weight excluding hydrogens is 270 g/mol. The first-order chi connectivity index (χ1) is 10.9. The van der Waals surface area contributed by atoms with Gasteiger partial charge in [-0.3, -0.25) is 0 Å². The van der Waals surface area contributed by atoms with Gasteiger partial charge in [-0.2, -0.15) is 0 Å². The third-order valence-electron chi connectivity index (χ3n) is 4.18. The molecule has 3 aromatic rings. The normalized spacial score (nSPS) is 11.4. The Morgan fingerprint density at radius 2 is 1.50 bits per heavy atom. The Kier molecular flexibility index (Phi) is 2.91. The van der Waals surface area contributed by atoms with Gasteiger partial charge in [-0.1, -0.05) is 54.6 Å². The fraction of sp³-hybridized carbons (Fsp3) is 0.0500. The Bertz CT molecular complexity index is 888. The van der Waals surface area contributed by atoms with Crippen LogP contribution in [0.3, 0.4) is 0 Å². The average Bonchev–Trinajstić information content (AvgIpc) is 2.95. The van der Waals surface area contributed by atoms with Crippen molar-refractivity contribution in [3.8, 4) is 34.3 Å². The van der Waals surface area contributed by atoms with Crippen molar-refractivity contribution in [1.82, 2.24) is 0 Å². The van der Waals surface area contributed by atoms with Gasteiger partial charge in [0.15, 0.2) is 0 Å². The van der Waals surface area contributed by atoms with Crippen LogP contribution in [-0.2, 0) is 6.42 Å². The molecule has 0 spiro atoms. The Hall–Kier alpha value is -3.05. The third kappa shape index (κ3) is 1.96. The molecule has 0 atom stereocenters. The van der Waals surface area contributed by atoms with Crippen LogP contribution in [0.4, 0.5) is 0 Å². The first-order valence-electron chi connectivity index (χ1n) is 7.23. The molecule has 0 aromatic heterocycles. The average molecular weight is 283 g/mol. The Morgan fingerprint density at radius 3 is 2.32 bits per heavy atom. The van der Waals surface area contributed by atoms with Crippen molar-refractivity contribution in [2.45, 2.75) is 6.42 Å². The number of benzene rings is 3. The molecule has 0 radical (unpaired) electrons. The number of nitrogens with zero attached hydrogens (tertiary/aromatic N) is 1. The number of ether oxygens (including phenoxy) is 1. The van der Waals surface area contributed by atoms with Gasteiger partial charge >= 0.3 is 0 Å². The van der Waals surface area contributed by atoms with E-state index < -0.39 is 0 Å². The number of rotatable bonds is 2. The van der Waals surface area contributed by atoms with E-state index in [2.05, 4.69) is 42.5 Å². The van der Waals surface area contributed by atoms with Crippen molar-refractivity contribution in [2.24, 2.45) is 0 Å². The lowest BCUT2D eigenvalue weighted by atomic mass is 9.96. The zero-order valence-corrected chi connectivity index (χ0v) is 11.9. The Labute approximate surface area is 129 Å². The molecule has 0 fully saturated rings. The molecule has 0 unspecified atom stereocenters. The van der Waals surface area contributed by atoms with Crippen LogP contribution >= 0.6 is 0 Å². The van der Waals surface area contributed by atoms with Gasteiger partial charge < -0.3 is 4.74 Å². The first-order valence-corrected chi connectivity index (χ1v) is 7.23. The molecule has 104 valence electrons. The van der Waals surface area contributed by atoms with Gasteiger partial charge in [0.2, 0.25) is 0 Å². The topological polar surface area (TPSA) is 33.0 Å². The molecule has 4 rings (SSSR count). The maximum Gasteiger partial charge on any atom is 0.292 e. The van der Waals surface area contributed by atoms with Gasteiger partial charge in [-0.05, 0) is 51.9 Å². The lowest BCUT2D eigenvalue weighted by Crippen LogP contribution is -1.88. The minimum absolute atomic E-state index is 0.571. The summed E-state index contributed by atoms with van der Waals surface area (Å²) in [5.74, 6) is 0.571. The molecule has 22 heavy (non-hydrogen) atoms. The largest absolute Gasteiger partial charge is 0.388 e. The predicted octanol–water partition coefficient (Wildman–Crippen LogP) is 4.78. The molecular formula is C20H13NO. The van der Waals surface area contributed by atoms with Crippen LogP contribution in [0, 0.1) is 11.5 Å².